The number of hydrogen-bond donors (Lipinski definition) is 1. The van der Waals surface area contributed by atoms with E-state index in [-0.39, 0.29) is 5.91 Å². The van der Waals surface area contributed by atoms with Crippen molar-refractivity contribution < 1.29 is 4.79 Å². The van der Waals surface area contributed by atoms with E-state index in [2.05, 4.69) is 31.3 Å². The lowest BCUT2D eigenvalue weighted by atomic mass is 9.94. The summed E-state index contributed by atoms with van der Waals surface area (Å²) in [5.74, 6) is -0.0686. The van der Waals surface area contributed by atoms with Crippen LogP contribution in [0.25, 0.3) is 22.2 Å². The average molecular weight is 380 g/mol. The number of aryl methyl sites for hydroxylation is 2. The molecule has 1 aromatic heterocycles. The fourth-order valence-corrected chi connectivity index (χ4v) is 3.85. The molecule has 1 amide bonds. The number of rotatable bonds is 4. The molecule has 29 heavy (non-hydrogen) atoms. The van der Waals surface area contributed by atoms with Gasteiger partial charge in [0.2, 0.25) is 0 Å². The number of benzene rings is 3. The van der Waals surface area contributed by atoms with Crippen LogP contribution in [0.2, 0.25) is 0 Å². The van der Waals surface area contributed by atoms with Crippen molar-refractivity contribution in [1.82, 2.24) is 10.3 Å². The first kappa shape index (κ1) is 18.9. The summed E-state index contributed by atoms with van der Waals surface area (Å²) in [5, 5.41) is 4.01. The van der Waals surface area contributed by atoms with E-state index >= 15 is 0 Å². The molecule has 0 aliphatic rings. The lowest BCUT2D eigenvalue weighted by Gasteiger charge is -2.16. The highest BCUT2D eigenvalue weighted by atomic mass is 16.1. The summed E-state index contributed by atoms with van der Waals surface area (Å²) in [7, 11) is 0. The Bertz CT molecular complexity index is 1180. The van der Waals surface area contributed by atoms with Crippen LogP contribution >= 0.6 is 0 Å². The first-order valence-electron chi connectivity index (χ1n) is 9.83. The summed E-state index contributed by atoms with van der Waals surface area (Å²) in [6, 6.07) is 24.2. The Morgan fingerprint density at radius 1 is 0.897 bits per heavy atom. The van der Waals surface area contributed by atoms with Crippen molar-refractivity contribution in [3.05, 3.63) is 101 Å². The molecule has 0 radical (unpaired) electrons. The molecule has 0 saturated heterocycles. The summed E-state index contributed by atoms with van der Waals surface area (Å²) >= 11 is 0. The third kappa shape index (κ3) is 3.77. The highest BCUT2D eigenvalue weighted by Gasteiger charge is 2.20. The maximum absolute atomic E-state index is 13.3. The predicted molar refractivity (Wildman–Crippen MR) is 119 cm³/mol. The Labute approximate surface area is 171 Å². The van der Waals surface area contributed by atoms with Crippen LogP contribution in [-0.2, 0) is 6.54 Å². The maximum Gasteiger partial charge on any atom is 0.252 e. The van der Waals surface area contributed by atoms with Gasteiger partial charge in [0.05, 0.1) is 16.8 Å². The van der Waals surface area contributed by atoms with Crippen LogP contribution in [0.15, 0.2) is 72.8 Å². The maximum atomic E-state index is 13.3. The monoisotopic (exact) mass is 380 g/mol. The van der Waals surface area contributed by atoms with Crippen LogP contribution in [0.4, 0.5) is 0 Å². The van der Waals surface area contributed by atoms with Crippen LogP contribution in [0.3, 0.4) is 0 Å². The molecule has 144 valence electrons. The number of carbonyl (C=O) groups excluding carboxylic acids is 1. The van der Waals surface area contributed by atoms with Gasteiger partial charge in [-0.1, -0.05) is 72.3 Å². The summed E-state index contributed by atoms with van der Waals surface area (Å²) in [5.41, 5.74) is 7.64. The molecule has 3 heteroatoms. The van der Waals surface area contributed by atoms with Crippen molar-refractivity contribution in [3.63, 3.8) is 0 Å². The molecule has 0 atom stereocenters. The lowest BCUT2D eigenvalue weighted by molar-refractivity contribution is 0.0952. The number of carbonyl (C=O) groups is 1. The Kier molecular flexibility index (Phi) is 5.13. The van der Waals surface area contributed by atoms with E-state index in [1.165, 1.54) is 0 Å². The second kappa shape index (κ2) is 7.88. The Hall–Kier alpha value is -3.46. The van der Waals surface area contributed by atoms with Gasteiger partial charge in [0.1, 0.15) is 0 Å². The van der Waals surface area contributed by atoms with Gasteiger partial charge in [-0.2, -0.15) is 0 Å². The SMILES string of the molecule is Cc1cc(C)c2nc(-c3ccccc3)c(C)c(C(=O)NCc3ccccc3)c2c1. The van der Waals surface area contributed by atoms with E-state index in [0.717, 1.165) is 44.4 Å². The fraction of sp³-hybridized carbons (Fsp3) is 0.154. The van der Waals surface area contributed by atoms with Gasteiger partial charge in [-0.3, -0.25) is 4.79 Å². The summed E-state index contributed by atoms with van der Waals surface area (Å²) in [6.07, 6.45) is 0. The van der Waals surface area contributed by atoms with Gasteiger partial charge in [-0.25, -0.2) is 4.98 Å². The van der Waals surface area contributed by atoms with Crippen molar-refractivity contribution in [2.45, 2.75) is 27.3 Å². The van der Waals surface area contributed by atoms with Gasteiger partial charge in [0.25, 0.3) is 5.91 Å². The molecule has 4 rings (SSSR count). The number of pyridine rings is 1. The van der Waals surface area contributed by atoms with Crippen LogP contribution < -0.4 is 5.32 Å². The zero-order chi connectivity index (χ0) is 20.4. The van der Waals surface area contributed by atoms with Gasteiger partial charge >= 0.3 is 0 Å². The lowest BCUT2D eigenvalue weighted by Crippen LogP contribution is -2.24. The van der Waals surface area contributed by atoms with Gasteiger partial charge in [-0.15, -0.1) is 0 Å². The van der Waals surface area contributed by atoms with E-state index in [9.17, 15) is 4.79 Å². The Morgan fingerprint density at radius 3 is 2.24 bits per heavy atom. The molecule has 0 spiro atoms. The molecule has 4 aromatic rings. The molecular formula is C26H24N2O. The van der Waals surface area contributed by atoms with E-state index in [1.54, 1.807) is 0 Å². The first-order valence-corrected chi connectivity index (χ1v) is 9.83. The molecular weight excluding hydrogens is 356 g/mol. The zero-order valence-corrected chi connectivity index (χ0v) is 17.0. The minimum absolute atomic E-state index is 0.0686. The molecule has 0 unspecified atom stereocenters. The molecule has 1 N–H and O–H groups in total. The van der Waals surface area contributed by atoms with Crippen LogP contribution in [0.1, 0.15) is 32.6 Å². The number of aromatic nitrogens is 1. The normalized spacial score (nSPS) is 10.9. The van der Waals surface area contributed by atoms with E-state index in [0.29, 0.717) is 12.1 Å². The van der Waals surface area contributed by atoms with Crippen molar-refractivity contribution in [2.75, 3.05) is 0 Å². The quantitative estimate of drug-likeness (QED) is 0.489. The number of nitrogens with one attached hydrogen (secondary N) is 1. The summed E-state index contributed by atoms with van der Waals surface area (Å²) in [4.78, 5) is 18.3. The third-order valence-electron chi connectivity index (χ3n) is 5.24. The van der Waals surface area contributed by atoms with Crippen molar-refractivity contribution in [3.8, 4) is 11.3 Å². The summed E-state index contributed by atoms with van der Waals surface area (Å²) in [6.45, 7) is 6.59. The fourth-order valence-electron chi connectivity index (χ4n) is 3.85. The molecule has 0 aliphatic carbocycles. The first-order chi connectivity index (χ1) is 14.0. The van der Waals surface area contributed by atoms with Crippen molar-refractivity contribution >= 4 is 16.8 Å². The number of fused-ring (bicyclic) bond motifs is 1. The van der Waals surface area contributed by atoms with Gasteiger partial charge in [-0.05, 0) is 43.5 Å². The molecule has 0 fully saturated rings. The highest BCUT2D eigenvalue weighted by Crippen LogP contribution is 2.31. The van der Waals surface area contributed by atoms with Crippen molar-refractivity contribution in [1.29, 1.82) is 0 Å². The topological polar surface area (TPSA) is 42.0 Å². The second-order valence-electron chi connectivity index (χ2n) is 7.47. The average Bonchev–Trinajstić information content (AvgIpc) is 2.73. The predicted octanol–water partition coefficient (Wildman–Crippen LogP) is 5.76. The molecule has 3 nitrogen and oxygen atoms in total. The van der Waals surface area contributed by atoms with Crippen LogP contribution in [0.5, 0.6) is 0 Å². The smallest absolute Gasteiger partial charge is 0.252 e. The van der Waals surface area contributed by atoms with Gasteiger partial charge < -0.3 is 5.32 Å². The standard InChI is InChI=1S/C26H24N2O/c1-17-14-18(2)24-22(15-17)23(26(29)27-16-20-10-6-4-7-11-20)19(3)25(28-24)21-12-8-5-9-13-21/h4-15H,16H2,1-3H3,(H,27,29). The molecule has 0 bridgehead atoms. The molecule has 0 aliphatic heterocycles. The zero-order valence-electron chi connectivity index (χ0n) is 17.0. The van der Waals surface area contributed by atoms with Gasteiger partial charge in [0, 0.05) is 17.5 Å². The van der Waals surface area contributed by atoms with E-state index in [1.807, 2.05) is 67.6 Å². The van der Waals surface area contributed by atoms with Crippen LogP contribution in [0, 0.1) is 20.8 Å². The molecule has 0 saturated carbocycles. The minimum Gasteiger partial charge on any atom is -0.348 e. The Morgan fingerprint density at radius 2 is 1.55 bits per heavy atom. The third-order valence-corrected chi connectivity index (χ3v) is 5.24. The van der Waals surface area contributed by atoms with Crippen LogP contribution in [-0.4, -0.2) is 10.9 Å². The second-order valence-corrected chi connectivity index (χ2v) is 7.47. The number of amides is 1. The minimum atomic E-state index is -0.0686. The number of hydrogen-bond acceptors (Lipinski definition) is 2. The molecule has 3 aromatic carbocycles. The molecule has 1 heterocycles. The largest absolute Gasteiger partial charge is 0.348 e. The Balaban J connectivity index is 1.86. The van der Waals surface area contributed by atoms with Crippen molar-refractivity contribution in [2.24, 2.45) is 0 Å². The number of nitrogens with zero attached hydrogens (tertiary/aromatic N) is 1. The van der Waals surface area contributed by atoms with Gasteiger partial charge in [0.15, 0.2) is 0 Å². The van der Waals surface area contributed by atoms with E-state index in [4.69, 9.17) is 4.98 Å². The summed E-state index contributed by atoms with van der Waals surface area (Å²) < 4.78 is 0. The highest BCUT2D eigenvalue weighted by molar-refractivity contribution is 6.09. The van der Waals surface area contributed by atoms with E-state index < -0.39 is 0 Å².